The van der Waals surface area contributed by atoms with E-state index >= 15 is 0 Å². The van der Waals surface area contributed by atoms with Crippen LogP contribution in [0.3, 0.4) is 0 Å². The molecule has 0 spiro atoms. The molecular formula is C22H20N4O3. The molecule has 7 heteroatoms. The van der Waals surface area contributed by atoms with Crippen LogP contribution in [0.4, 0.5) is 5.69 Å². The van der Waals surface area contributed by atoms with Crippen LogP contribution in [-0.2, 0) is 4.79 Å². The van der Waals surface area contributed by atoms with Crippen LogP contribution in [0.5, 0.6) is 11.5 Å². The predicted molar refractivity (Wildman–Crippen MR) is 111 cm³/mol. The summed E-state index contributed by atoms with van der Waals surface area (Å²) in [5, 5.41) is 2.78. The molecule has 1 amide bonds. The topological polar surface area (TPSA) is 78.3 Å². The van der Waals surface area contributed by atoms with E-state index in [4.69, 9.17) is 9.47 Å². The summed E-state index contributed by atoms with van der Waals surface area (Å²) in [6.07, 6.45) is 3.34. The Morgan fingerprint density at radius 1 is 0.966 bits per heavy atom. The van der Waals surface area contributed by atoms with Crippen LogP contribution in [0.1, 0.15) is 6.92 Å². The van der Waals surface area contributed by atoms with Crippen molar-refractivity contribution in [1.82, 2.24) is 14.5 Å². The van der Waals surface area contributed by atoms with Crippen molar-refractivity contribution in [3.05, 3.63) is 73.2 Å². The SMILES string of the molecule is CCOc1ccc(OCC(=O)Nc2ccc(-n3cnc4ccccc43)nc2)cc1. The summed E-state index contributed by atoms with van der Waals surface area (Å²) < 4.78 is 12.8. The van der Waals surface area contributed by atoms with Crippen LogP contribution < -0.4 is 14.8 Å². The third-order valence-corrected chi connectivity index (χ3v) is 4.24. The minimum Gasteiger partial charge on any atom is -0.494 e. The Labute approximate surface area is 167 Å². The maximum Gasteiger partial charge on any atom is 0.262 e. The van der Waals surface area contributed by atoms with E-state index in [-0.39, 0.29) is 12.5 Å². The maximum atomic E-state index is 12.1. The number of aromatic nitrogens is 3. The average molecular weight is 388 g/mol. The summed E-state index contributed by atoms with van der Waals surface area (Å²) in [6.45, 7) is 2.43. The zero-order valence-corrected chi connectivity index (χ0v) is 15.9. The fourth-order valence-corrected chi connectivity index (χ4v) is 2.89. The highest BCUT2D eigenvalue weighted by molar-refractivity contribution is 5.91. The summed E-state index contributed by atoms with van der Waals surface area (Å²) in [5.41, 5.74) is 2.47. The number of fused-ring (bicyclic) bond motifs is 1. The van der Waals surface area contributed by atoms with Crippen molar-refractivity contribution in [3.8, 4) is 17.3 Å². The average Bonchev–Trinajstić information content (AvgIpc) is 3.18. The number of carbonyl (C=O) groups is 1. The lowest BCUT2D eigenvalue weighted by atomic mass is 10.3. The molecule has 4 aromatic rings. The highest BCUT2D eigenvalue weighted by Crippen LogP contribution is 2.19. The lowest BCUT2D eigenvalue weighted by Crippen LogP contribution is -2.20. The number of benzene rings is 2. The first kappa shape index (κ1) is 18.5. The molecule has 0 aliphatic rings. The van der Waals surface area contributed by atoms with Crippen LogP contribution in [0, 0.1) is 0 Å². The standard InChI is InChI=1S/C22H20N4O3/c1-2-28-17-8-10-18(11-9-17)29-14-22(27)25-16-7-12-21(23-13-16)26-15-24-19-5-3-4-6-20(19)26/h3-13,15H,2,14H2,1H3,(H,25,27). The molecule has 29 heavy (non-hydrogen) atoms. The highest BCUT2D eigenvalue weighted by atomic mass is 16.5. The monoisotopic (exact) mass is 388 g/mol. The summed E-state index contributed by atoms with van der Waals surface area (Å²) in [7, 11) is 0. The first-order valence-corrected chi connectivity index (χ1v) is 9.27. The lowest BCUT2D eigenvalue weighted by Gasteiger charge is -2.09. The smallest absolute Gasteiger partial charge is 0.262 e. The lowest BCUT2D eigenvalue weighted by molar-refractivity contribution is -0.118. The molecule has 0 fully saturated rings. The Kier molecular flexibility index (Phi) is 5.38. The molecule has 4 rings (SSSR count). The second-order valence-electron chi connectivity index (χ2n) is 6.25. The van der Waals surface area contributed by atoms with Crippen molar-refractivity contribution in [2.75, 3.05) is 18.5 Å². The first-order chi connectivity index (χ1) is 14.2. The van der Waals surface area contributed by atoms with Crippen molar-refractivity contribution in [3.63, 3.8) is 0 Å². The van der Waals surface area contributed by atoms with Crippen molar-refractivity contribution >= 4 is 22.6 Å². The molecule has 0 saturated carbocycles. The number of para-hydroxylation sites is 2. The molecule has 7 nitrogen and oxygen atoms in total. The molecule has 0 radical (unpaired) electrons. The van der Waals surface area contributed by atoms with Crippen molar-refractivity contribution < 1.29 is 14.3 Å². The van der Waals surface area contributed by atoms with Gasteiger partial charge in [0, 0.05) is 0 Å². The molecule has 0 saturated heterocycles. The van der Waals surface area contributed by atoms with E-state index < -0.39 is 0 Å². The van der Waals surface area contributed by atoms with E-state index in [1.54, 1.807) is 42.9 Å². The number of hydrogen-bond acceptors (Lipinski definition) is 5. The van der Waals surface area contributed by atoms with E-state index in [1.807, 2.05) is 41.8 Å². The minimum atomic E-state index is -0.262. The van der Waals surface area contributed by atoms with Gasteiger partial charge in [0.25, 0.3) is 5.91 Å². The zero-order valence-electron chi connectivity index (χ0n) is 15.9. The van der Waals surface area contributed by atoms with Gasteiger partial charge in [-0.05, 0) is 55.5 Å². The number of hydrogen-bond donors (Lipinski definition) is 1. The van der Waals surface area contributed by atoms with Gasteiger partial charge in [-0.15, -0.1) is 0 Å². The van der Waals surface area contributed by atoms with Crippen LogP contribution in [0.2, 0.25) is 0 Å². The normalized spacial score (nSPS) is 10.7. The third kappa shape index (κ3) is 4.35. The van der Waals surface area contributed by atoms with Crippen LogP contribution in [0.15, 0.2) is 73.2 Å². The molecule has 2 aromatic heterocycles. The van der Waals surface area contributed by atoms with Gasteiger partial charge in [-0.25, -0.2) is 9.97 Å². The molecular weight excluding hydrogens is 368 g/mol. The van der Waals surface area contributed by atoms with E-state index in [9.17, 15) is 4.79 Å². The number of nitrogens with zero attached hydrogens (tertiary/aromatic N) is 3. The van der Waals surface area contributed by atoms with Crippen LogP contribution in [-0.4, -0.2) is 33.7 Å². The molecule has 0 bridgehead atoms. The second kappa shape index (κ2) is 8.43. The number of ether oxygens (including phenoxy) is 2. The molecule has 0 aliphatic carbocycles. The largest absolute Gasteiger partial charge is 0.494 e. The van der Waals surface area contributed by atoms with E-state index in [1.165, 1.54) is 0 Å². The summed E-state index contributed by atoms with van der Waals surface area (Å²) in [5.74, 6) is 1.83. The fourth-order valence-electron chi connectivity index (χ4n) is 2.89. The molecule has 2 heterocycles. The van der Waals surface area contributed by atoms with Gasteiger partial charge < -0.3 is 14.8 Å². The molecule has 1 N–H and O–H groups in total. The summed E-state index contributed by atoms with van der Waals surface area (Å²) >= 11 is 0. The van der Waals surface area contributed by atoms with Gasteiger partial charge in [-0.1, -0.05) is 12.1 Å². The number of rotatable bonds is 7. The van der Waals surface area contributed by atoms with Gasteiger partial charge in [0.05, 0.1) is 29.5 Å². The Bertz CT molecular complexity index is 1110. The molecule has 2 aromatic carbocycles. The van der Waals surface area contributed by atoms with Crippen LogP contribution in [0.25, 0.3) is 16.9 Å². The summed E-state index contributed by atoms with van der Waals surface area (Å²) in [6, 6.07) is 18.6. The number of nitrogens with one attached hydrogen (secondary N) is 1. The maximum absolute atomic E-state index is 12.1. The summed E-state index contributed by atoms with van der Waals surface area (Å²) in [4.78, 5) is 20.9. The van der Waals surface area contributed by atoms with E-state index in [2.05, 4.69) is 15.3 Å². The Hall–Kier alpha value is -3.87. The first-order valence-electron chi connectivity index (χ1n) is 9.27. The fraction of sp³-hybridized carbons (Fsp3) is 0.136. The molecule has 0 unspecified atom stereocenters. The highest BCUT2D eigenvalue weighted by Gasteiger charge is 2.07. The molecule has 0 aliphatic heterocycles. The van der Waals surface area contributed by atoms with E-state index in [0.717, 1.165) is 22.6 Å². The van der Waals surface area contributed by atoms with Crippen molar-refractivity contribution in [1.29, 1.82) is 0 Å². The Morgan fingerprint density at radius 2 is 1.72 bits per heavy atom. The zero-order chi connectivity index (χ0) is 20.1. The number of anilines is 1. The second-order valence-corrected chi connectivity index (χ2v) is 6.25. The van der Waals surface area contributed by atoms with Crippen LogP contribution >= 0.6 is 0 Å². The number of amides is 1. The van der Waals surface area contributed by atoms with Crippen molar-refractivity contribution in [2.24, 2.45) is 0 Å². The Morgan fingerprint density at radius 3 is 2.45 bits per heavy atom. The van der Waals surface area contributed by atoms with Gasteiger partial charge in [-0.2, -0.15) is 0 Å². The number of carbonyl (C=O) groups excluding carboxylic acids is 1. The number of imidazole rings is 1. The van der Waals surface area contributed by atoms with Gasteiger partial charge in [0.2, 0.25) is 0 Å². The van der Waals surface area contributed by atoms with Crippen molar-refractivity contribution in [2.45, 2.75) is 6.92 Å². The van der Waals surface area contributed by atoms with Gasteiger partial charge >= 0.3 is 0 Å². The molecule has 0 atom stereocenters. The minimum absolute atomic E-state index is 0.0953. The van der Waals surface area contributed by atoms with Gasteiger partial charge in [-0.3, -0.25) is 9.36 Å². The quantitative estimate of drug-likeness (QED) is 0.520. The number of pyridine rings is 1. The third-order valence-electron chi connectivity index (χ3n) is 4.24. The van der Waals surface area contributed by atoms with E-state index in [0.29, 0.717) is 18.0 Å². The van der Waals surface area contributed by atoms with Gasteiger partial charge in [0.1, 0.15) is 23.6 Å². The predicted octanol–water partition coefficient (Wildman–Crippen LogP) is 3.84. The Balaban J connectivity index is 1.35. The van der Waals surface area contributed by atoms with Gasteiger partial charge in [0.15, 0.2) is 6.61 Å². The molecule has 146 valence electrons.